The Kier molecular flexibility index (Phi) is 5.09. The standard InChI is InChI=1S/C11H12O2SSe/c1-3-14-10-5-11(15-2)9(7-13)4-8(10)6-12/h4-7H,3H2,1-2H3. The molecule has 0 unspecified atom stereocenters. The molecule has 80 valence electrons. The first-order valence-electron chi connectivity index (χ1n) is 4.52. The molecule has 0 spiro atoms. The van der Waals surface area contributed by atoms with Crippen molar-refractivity contribution in [3.05, 3.63) is 23.3 Å². The quantitative estimate of drug-likeness (QED) is 0.470. The predicted molar refractivity (Wildman–Crippen MR) is 64.9 cm³/mol. The van der Waals surface area contributed by atoms with Gasteiger partial charge in [-0.25, -0.2) is 0 Å². The van der Waals surface area contributed by atoms with E-state index in [-0.39, 0.29) is 15.0 Å². The topological polar surface area (TPSA) is 34.1 Å². The van der Waals surface area contributed by atoms with Gasteiger partial charge in [0.1, 0.15) is 0 Å². The van der Waals surface area contributed by atoms with E-state index in [9.17, 15) is 9.59 Å². The monoisotopic (exact) mass is 288 g/mol. The Bertz CT molecular complexity index is 377. The number of hydrogen-bond acceptors (Lipinski definition) is 3. The van der Waals surface area contributed by atoms with Gasteiger partial charge in [0.2, 0.25) is 0 Å². The summed E-state index contributed by atoms with van der Waals surface area (Å²) in [6, 6.07) is 3.67. The molecule has 0 amide bonds. The van der Waals surface area contributed by atoms with E-state index in [4.69, 9.17) is 0 Å². The molecule has 0 bridgehead atoms. The van der Waals surface area contributed by atoms with Crippen molar-refractivity contribution < 1.29 is 9.59 Å². The average Bonchev–Trinajstić information content (AvgIpc) is 2.28. The van der Waals surface area contributed by atoms with Crippen LogP contribution in [0, 0.1) is 0 Å². The van der Waals surface area contributed by atoms with Crippen molar-refractivity contribution in [2.75, 3.05) is 5.75 Å². The normalized spacial score (nSPS) is 10.0. The molecule has 4 heteroatoms. The molecular formula is C11H12O2SSe. The van der Waals surface area contributed by atoms with Crippen molar-refractivity contribution in [2.24, 2.45) is 0 Å². The fourth-order valence-corrected chi connectivity index (χ4v) is 3.40. The molecule has 0 atom stereocenters. The van der Waals surface area contributed by atoms with E-state index in [1.165, 1.54) is 0 Å². The van der Waals surface area contributed by atoms with Gasteiger partial charge >= 0.3 is 100.0 Å². The Morgan fingerprint density at radius 1 is 1.27 bits per heavy atom. The summed E-state index contributed by atoms with van der Waals surface area (Å²) in [4.78, 5) is 22.6. The molecule has 1 aromatic rings. The van der Waals surface area contributed by atoms with E-state index in [1.54, 1.807) is 17.8 Å². The molecular weight excluding hydrogens is 275 g/mol. The van der Waals surface area contributed by atoms with E-state index in [1.807, 2.05) is 13.0 Å². The summed E-state index contributed by atoms with van der Waals surface area (Å²) in [5, 5.41) is 0. The first-order chi connectivity index (χ1) is 7.26. The van der Waals surface area contributed by atoms with Gasteiger partial charge in [-0.2, -0.15) is 0 Å². The van der Waals surface area contributed by atoms with Gasteiger partial charge in [-0.1, -0.05) is 0 Å². The first-order valence-corrected chi connectivity index (χ1v) is 8.07. The Morgan fingerprint density at radius 2 is 1.93 bits per heavy atom. The number of carbonyl (C=O) groups is 2. The second-order valence-corrected chi connectivity index (χ2v) is 5.89. The predicted octanol–water partition coefficient (Wildman–Crippen LogP) is 1.80. The molecule has 0 saturated carbocycles. The van der Waals surface area contributed by atoms with Crippen LogP contribution in [0.25, 0.3) is 0 Å². The summed E-state index contributed by atoms with van der Waals surface area (Å²) in [6.45, 7) is 2.05. The molecule has 1 aromatic carbocycles. The van der Waals surface area contributed by atoms with Gasteiger partial charge in [-0.3, -0.25) is 0 Å². The van der Waals surface area contributed by atoms with Crippen molar-refractivity contribution in [1.29, 1.82) is 0 Å². The van der Waals surface area contributed by atoms with Crippen LogP contribution in [0.1, 0.15) is 27.6 Å². The Hall–Kier alpha value is -0.571. The summed E-state index contributed by atoms with van der Waals surface area (Å²) >= 11 is 1.92. The second-order valence-electron chi connectivity index (χ2n) is 2.80. The summed E-state index contributed by atoms with van der Waals surface area (Å²) in [7, 11) is 0. The number of aldehydes is 2. The van der Waals surface area contributed by atoms with Crippen LogP contribution in [0.4, 0.5) is 0 Å². The summed E-state index contributed by atoms with van der Waals surface area (Å²) < 4.78 is 1.07. The van der Waals surface area contributed by atoms with Crippen molar-refractivity contribution >= 4 is 43.8 Å². The summed E-state index contributed by atoms with van der Waals surface area (Å²) in [6.07, 6.45) is 1.64. The van der Waals surface area contributed by atoms with Gasteiger partial charge < -0.3 is 0 Å². The van der Waals surface area contributed by atoms with Crippen LogP contribution in [-0.4, -0.2) is 33.3 Å². The summed E-state index contributed by atoms with van der Waals surface area (Å²) in [5.41, 5.74) is 1.28. The number of benzene rings is 1. The molecule has 0 aromatic heterocycles. The van der Waals surface area contributed by atoms with Gasteiger partial charge in [-0.15, -0.1) is 0 Å². The molecule has 0 aliphatic heterocycles. The SMILES string of the molecule is CCSc1cc([Se]C)c(C=O)cc1C=O. The van der Waals surface area contributed by atoms with E-state index >= 15 is 0 Å². The third-order valence-electron chi connectivity index (χ3n) is 1.92. The van der Waals surface area contributed by atoms with Crippen molar-refractivity contribution in [3.63, 3.8) is 0 Å². The van der Waals surface area contributed by atoms with Crippen LogP contribution in [-0.2, 0) is 0 Å². The first kappa shape index (κ1) is 12.5. The molecule has 0 heterocycles. The van der Waals surface area contributed by atoms with E-state index < -0.39 is 0 Å². The van der Waals surface area contributed by atoms with Crippen molar-refractivity contribution in [1.82, 2.24) is 0 Å². The van der Waals surface area contributed by atoms with Crippen LogP contribution < -0.4 is 4.46 Å². The zero-order valence-electron chi connectivity index (χ0n) is 8.65. The second kappa shape index (κ2) is 6.11. The maximum atomic E-state index is 10.8. The van der Waals surface area contributed by atoms with Crippen LogP contribution >= 0.6 is 11.8 Å². The summed E-state index contributed by atoms with van der Waals surface area (Å²) in [5.74, 6) is 2.99. The van der Waals surface area contributed by atoms with Gasteiger partial charge in [0, 0.05) is 0 Å². The third-order valence-corrected chi connectivity index (χ3v) is 4.53. The zero-order chi connectivity index (χ0) is 11.3. The van der Waals surface area contributed by atoms with Crippen LogP contribution in [0.2, 0.25) is 5.82 Å². The van der Waals surface area contributed by atoms with E-state index in [2.05, 4.69) is 5.82 Å². The molecule has 2 nitrogen and oxygen atoms in total. The van der Waals surface area contributed by atoms with Crippen LogP contribution in [0.3, 0.4) is 0 Å². The number of carbonyl (C=O) groups excluding carboxylic acids is 2. The molecule has 0 aliphatic rings. The Balaban J connectivity index is 3.26. The Labute approximate surface area is 100.0 Å². The zero-order valence-corrected chi connectivity index (χ0v) is 11.2. The average molecular weight is 287 g/mol. The minimum atomic E-state index is 0.278. The number of rotatable bonds is 5. The fourth-order valence-electron chi connectivity index (χ4n) is 1.24. The van der Waals surface area contributed by atoms with Crippen LogP contribution in [0.15, 0.2) is 17.0 Å². The van der Waals surface area contributed by atoms with Crippen LogP contribution in [0.5, 0.6) is 0 Å². The van der Waals surface area contributed by atoms with Gasteiger partial charge in [-0.05, 0) is 0 Å². The fraction of sp³-hybridized carbons (Fsp3) is 0.273. The van der Waals surface area contributed by atoms with Crippen molar-refractivity contribution in [2.45, 2.75) is 17.6 Å². The number of thioether (sulfide) groups is 1. The molecule has 0 fully saturated rings. The van der Waals surface area contributed by atoms with Crippen molar-refractivity contribution in [3.8, 4) is 0 Å². The molecule has 0 radical (unpaired) electrons. The molecule has 0 aliphatic carbocycles. The molecule has 15 heavy (non-hydrogen) atoms. The minimum absolute atomic E-state index is 0.278. The van der Waals surface area contributed by atoms with E-state index in [0.717, 1.165) is 27.7 Å². The van der Waals surface area contributed by atoms with Gasteiger partial charge in [0.15, 0.2) is 0 Å². The molecule has 0 N–H and O–H groups in total. The maximum absolute atomic E-state index is 10.8. The molecule has 1 rings (SSSR count). The number of hydrogen-bond donors (Lipinski definition) is 0. The Morgan fingerprint density at radius 3 is 2.40 bits per heavy atom. The van der Waals surface area contributed by atoms with Gasteiger partial charge in [0.05, 0.1) is 0 Å². The van der Waals surface area contributed by atoms with Gasteiger partial charge in [0.25, 0.3) is 0 Å². The third kappa shape index (κ3) is 2.94. The van der Waals surface area contributed by atoms with E-state index in [0.29, 0.717) is 11.1 Å². The molecule has 0 saturated heterocycles.